The monoisotopic (exact) mass is 590 g/mol. The van der Waals surface area contributed by atoms with Gasteiger partial charge in [-0.2, -0.15) is 0 Å². The molecule has 0 atom stereocenters. The molecule has 0 aliphatic rings. The number of ether oxygens (including phenoxy) is 2. The molecule has 0 spiro atoms. The molecule has 0 aromatic heterocycles. The highest BCUT2D eigenvalue weighted by molar-refractivity contribution is 7.92. The van der Waals surface area contributed by atoms with Crippen LogP contribution in [0.2, 0.25) is 15.1 Å². The number of sulfonamides is 1. The molecule has 198 valence electrons. The highest BCUT2D eigenvalue weighted by Crippen LogP contribution is 2.31. The van der Waals surface area contributed by atoms with E-state index in [2.05, 4.69) is 5.32 Å². The zero-order chi connectivity index (χ0) is 27.0. The number of anilines is 2. The van der Waals surface area contributed by atoms with Crippen LogP contribution in [0.15, 0.2) is 102 Å². The molecule has 10 heteroatoms. The van der Waals surface area contributed by atoms with Gasteiger partial charge in [0.1, 0.15) is 24.7 Å². The van der Waals surface area contributed by atoms with Crippen LogP contribution in [0.3, 0.4) is 0 Å². The topological polar surface area (TPSA) is 67.9 Å². The molecule has 4 aromatic rings. The van der Waals surface area contributed by atoms with Crippen molar-refractivity contribution in [1.82, 2.24) is 0 Å². The molecule has 6 nitrogen and oxygen atoms in total. The first-order chi connectivity index (χ1) is 18.3. The summed E-state index contributed by atoms with van der Waals surface area (Å²) in [4.78, 5) is 0.120. The zero-order valence-electron chi connectivity index (χ0n) is 20.2. The van der Waals surface area contributed by atoms with E-state index in [1.54, 1.807) is 72.8 Å². The fourth-order valence-electron chi connectivity index (χ4n) is 3.61. The van der Waals surface area contributed by atoms with E-state index in [1.165, 1.54) is 16.4 Å². The predicted octanol–water partition coefficient (Wildman–Crippen LogP) is 7.41. The number of hydrogen-bond donors (Lipinski definition) is 1. The van der Waals surface area contributed by atoms with E-state index >= 15 is 0 Å². The second-order valence-electron chi connectivity index (χ2n) is 8.08. The molecule has 0 unspecified atom stereocenters. The second kappa shape index (κ2) is 13.1. The molecule has 0 heterocycles. The quantitative estimate of drug-likeness (QED) is 0.174. The van der Waals surface area contributed by atoms with Gasteiger partial charge in [-0.1, -0.05) is 46.9 Å². The average Bonchev–Trinajstić information content (AvgIpc) is 2.92. The Balaban J connectivity index is 1.53. The normalized spacial score (nSPS) is 11.1. The lowest BCUT2D eigenvalue weighted by Gasteiger charge is -2.27. The molecule has 0 fully saturated rings. The summed E-state index contributed by atoms with van der Waals surface area (Å²) in [7, 11) is -3.94. The van der Waals surface area contributed by atoms with Crippen LogP contribution >= 0.6 is 34.8 Å². The fraction of sp³-hybridized carbons (Fsp3) is 0.143. The highest BCUT2D eigenvalue weighted by atomic mass is 35.5. The van der Waals surface area contributed by atoms with Gasteiger partial charge in [0.2, 0.25) is 0 Å². The van der Waals surface area contributed by atoms with Crippen LogP contribution in [-0.4, -0.2) is 34.7 Å². The largest absolute Gasteiger partial charge is 0.492 e. The van der Waals surface area contributed by atoms with Crippen LogP contribution in [-0.2, 0) is 10.0 Å². The van der Waals surface area contributed by atoms with Crippen LogP contribution in [0.4, 0.5) is 11.4 Å². The van der Waals surface area contributed by atoms with E-state index in [4.69, 9.17) is 44.3 Å². The zero-order valence-corrected chi connectivity index (χ0v) is 23.3. The second-order valence-corrected chi connectivity index (χ2v) is 11.3. The van der Waals surface area contributed by atoms with E-state index in [0.29, 0.717) is 51.1 Å². The van der Waals surface area contributed by atoms with Crippen molar-refractivity contribution in [3.63, 3.8) is 0 Å². The number of hydrogen-bond acceptors (Lipinski definition) is 5. The average molecular weight is 592 g/mol. The van der Waals surface area contributed by atoms with Crippen molar-refractivity contribution in [3.8, 4) is 11.5 Å². The van der Waals surface area contributed by atoms with Gasteiger partial charge in [-0.15, -0.1) is 0 Å². The Morgan fingerprint density at radius 2 is 1.16 bits per heavy atom. The van der Waals surface area contributed by atoms with Gasteiger partial charge >= 0.3 is 0 Å². The number of halogens is 3. The Hall–Kier alpha value is -3.10. The Morgan fingerprint density at radius 3 is 1.74 bits per heavy atom. The maximum atomic E-state index is 13.8. The summed E-state index contributed by atoms with van der Waals surface area (Å²) in [6.45, 7) is 0.978. The van der Waals surface area contributed by atoms with Crippen LogP contribution in [0, 0.1) is 0 Å². The minimum absolute atomic E-state index is 0.0630. The number of nitrogens with one attached hydrogen (secondary N) is 1. The molecular weight excluding hydrogens is 567 g/mol. The van der Waals surface area contributed by atoms with Crippen LogP contribution in [0.1, 0.15) is 0 Å². The molecule has 4 aromatic carbocycles. The first kappa shape index (κ1) is 27.9. The van der Waals surface area contributed by atoms with Crippen LogP contribution in [0.5, 0.6) is 11.5 Å². The Kier molecular flexibility index (Phi) is 9.63. The Labute approximate surface area is 237 Å². The molecule has 0 bridgehead atoms. The lowest BCUT2D eigenvalue weighted by Crippen LogP contribution is -2.35. The van der Waals surface area contributed by atoms with E-state index in [-0.39, 0.29) is 18.0 Å². The van der Waals surface area contributed by atoms with Crippen molar-refractivity contribution in [1.29, 1.82) is 0 Å². The van der Waals surface area contributed by atoms with Gasteiger partial charge in [-0.3, -0.25) is 4.31 Å². The van der Waals surface area contributed by atoms with E-state index in [1.807, 2.05) is 12.1 Å². The highest BCUT2D eigenvalue weighted by Gasteiger charge is 2.27. The summed E-state index contributed by atoms with van der Waals surface area (Å²) in [6.07, 6.45) is 0. The van der Waals surface area contributed by atoms with Crippen molar-refractivity contribution >= 4 is 56.2 Å². The molecule has 4 rings (SSSR count). The third-order valence-electron chi connectivity index (χ3n) is 5.45. The lowest BCUT2D eigenvalue weighted by molar-refractivity contribution is 0.328. The smallest absolute Gasteiger partial charge is 0.264 e. The lowest BCUT2D eigenvalue weighted by atomic mass is 10.2. The number of para-hydroxylation sites is 2. The van der Waals surface area contributed by atoms with Crippen molar-refractivity contribution in [2.24, 2.45) is 0 Å². The molecule has 0 aliphatic heterocycles. The van der Waals surface area contributed by atoms with Crippen molar-refractivity contribution in [3.05, 3.63) is 112 Å². The minimum Gasteiger partial charge on any atom is -0.492 e. The molecule has 38 heavy (non-hydrogen) atoms. The summed E-state index contributed by atoms with van der Waals surface area (Å²) in [5, 5.41) is 4.96. The Morgan fingerprint density at radius 1 is 0.658 bits per heavy atom. The summed E-state index contributed by atoms with van der Waals surface area (Å²) >= 11 is 17.9. The first-order valence-corrected chi connectivity index (χ1v) is 14.3. The van der Waals surface area contributed by atoms with E-state index < -0.39 is 10.0 Å². The van der Waals surface area contributed by atoms with Gasteiger partial charge in [0.25, 0.3) is 10.0 Å². The van der Waals surface area contributed by atoms with Crippen LogP contribution < -0.4 is 19.1 Å². The molecular formula is C28H25Cl3N2O4S. The number of nitrogens with zero attached hydrogens (tertiary/aromatic N) is 1. The predicted molar refractivity (Wildman–Crippen MR) is 155 cm³/mol. The van der Waals surface area contributed by atoms with Crippen LogP contribution in [0.25, 0.3) is 0 Å². The molecule has 0 saturated heterocycles. The number of benzene rings is 4. The Bertz CT molecular complexity index is 1430. The van der Waals surface area contributed by atoms with Gasteiger partial charge in [0.05, 0.1) is 22.8 Å². The van der Waals surface area contributed by atoms with E-state index in [9.17, 15) is 8.42 Å². The van der Waals surface area contributed by atoms with Crippen molar-refractivity contribution < 1.29 is 17.9 Å². The number of rotatable bonds is 12. The van der Waals surface area contributed by atoms with Gasteiger partial charge < -0.3 is 14.8 Å². The first-order valence-electron chi connectivity index (χ1n) is 11.7. The third kappa shape index (κ3) is 7.48. The van der Waals surface area contributed by atoms with Crippen molar-refractivity contribution in [2.75, 3.05) is 35.9 Å². The van der Waals surface area contributed by atoms with Gasteiger partial charge in [0.15, 0.2) is 0 Å². The molecule has 0 amide bonds. The SMILES string of the molecule is O=S(=O)(c1ccc(Cl)cc1)N(CCOc1ccc(Cl)cc1)c1ccccc1NCCOc1ccc(Cl)cc1. The summed E-state index contributed by atoms with van der Waals surface area (Å²) in [5.74, 6) is 1.28. The van der Waals surface area contributed by atoms with Crippen molar-refractivity contribution in [2.45, 2.75) is 4.90 Å². The summed E-state index contributed by atoms with van der Waals surface area (Å²) in [6, 6.07) is 27.2. The minimum atomic E-state index is -3.94. The van der Waals surface area contributed by atoms with Gasteiger partial charge in [-0.05, 0) is 84.9 Å². The molecule has 0 saturated carbocycles. The molecule has 0 radical (unpaired) electrons. The van der Waals surface area contributed by atoms with Gasteiger partial charge in [0, 0.05) is 21.6 Å². The fourth-order valence-corrected chi connectivity index (χ4v) is 5.45. The maximum Gasteiger partial charge on any atom is 0.264 e. The van der Waals surface area contributed by atoms with E-state index in [0.717, 1.165) is 0 Å². The van der Waals surface area contributed by atoms with Gasteiger partial charge in [-0.25, -0.2) is 8.42 Å². The molecule has 0 aliphatic carbocycles. The molecule has 1 N–H and O–H groups in total. The summed E-state index contributed by atoms with van der Waals surface area (Å²) in [5.41, 5.74) is 1.12. The standard InChI is InChI=1S/C28H25Cl3N2O4S/c29-21-5-11-24(12-6-21)36-19-17-32-27-3-1-2-4-28(27)33(18-20-37-25-13-7-22(30)8-14-25)38(34,35)26-15-9-23(31)10-16-26/h1-16,32H,17-20H2. The maximum absolute atomic E-state index is 13.8. The summed E-state index contributed by atoms with van der Waals surface area (Å²) < 4.78 is 40.5. The third-order valence-corrected chi connectivity index (χ3v) is 8.03.